The summed E-state index contributed by atoms with van der Waals surface area (Å²) < 4.78 is 6.16. The van der Waals surface area contributed by atoms with Gasteiger partial charge in [0, 0.05) is 36.8 Å². The maximum Gasteiger partial charge on any atom is 0.309 e. The number of carbonyl (C=O) groups excluding carboxylic acids is 3. The molecule has 1 amide bonds. The van der Waals surface area contributed by atoms with Gasteiger partial charge in [0.1, 0.15) is 6.10 Å². The van der Waals surface area contributed by atoms with Gasteiger partial charge in [-0.2, -0.15) is 0 Å². The lowest BCUT2D eigenvalue weighted by Gasteiger charge is -2.72. The van der Waals surface area contributed by atoms with Crippen molar-refractivity contribution in [3.05, 3.63) is 11.1 Å². The zero-order chi connectivity index (χ0) is 38.4. The Morgan fingerprint density at radius 3 is 2.15 bits per heavy atom. The zero-order valence-corrected chi connectivity index (χ0v) is 34.0. The summed E-state index contributed by atoms with van der Waals surface area (Å²) in [6.07, 6.45) is 10.8. The highest BCUT2D eigenvalue weighted by Crippen LogP contribution is 2.77. The van der Waals surface area contributed by atoms with Crippen LogP contribution in [0.5, 0.6) is 0 Å². The summed E-state index contributed by atoms with van der Waals surface area (Å²) >= 11 is 0. The molecule has 0 aliphatic heterocycles. The fourth-order valence-electron chi connectivity index (χ4n) is 13.9. The second-order valence-corrected chi connectivity index (χ2v) is 20.8. The Morgan fingerprint density at radius 2 is 1.54 bits per heavy atom. The minimum Gasteiger partial charge on any atom is -0.481 e. The van der Waals surface area contributed by atoms with Crippen molar-refractivity contribution >= 4 is 23.6 Å². The Hall–Kier alpha value is -2.22. The highest BCUT2D eigenvalue weighted by Gasteiger charge is 2.71. The van der Waals surface area contributed by atoms with E-state index in [1.165, 1.54) is 5.57 Å². The molecule has 0 aromatic rings. The third kappa shape index (κ3) is 5.84. The molecule has 9 atom stereocenters. The second-order valence-electron chi connectivity index (χ2n) is 20.8. The molecule has 5 fully saturated rings. The number of aliphatic hydroxyl groups excluding tert-OH is 1. The van der Waals surface area contributed by atoms with Gasteiger partial charge in [-0.15, -0.1) is 0 Å². The zero-order valence-electron chi connectivity index (χ0n) is 34.0. The highest BCUT2D eigenvalue weighted by atomic mass is 16.5. The fraction of sp³-hybridized carbons (Fsp3) is 0.864. The Bertz CT molecular complexity index is 1500. The van der Waals surface area contributed by atoms with E-state index in [1.54, 1.807) is 18.7 Å². The van der Waals surface area contributed by atoms with Crippen molar-refractivity contribution < 1.29 is 34.1 Å². The number of ketones is 1. The Kier molecular flexibility index (Phi) is 10.0. The van der Waals surface area contributed by atoms with Gasteiger partial charge in [0.15, 0.2) is 5.78 Å². The minimum absolute atomic E-state index is 0.0271. The molecule has 8 heteroatoms. The van der Waals surface area contributed by atoms with Crippen LogP contribution in [-0.4, -0.2) is 64.5 Å². The predicted molar refractivity (Wildman–Crippen MR) is 201 cm³/mol. The van der Waals surface area contributed by atoms with E-state index in [4.69, 9.17) is 4.74 Å². The minimum atomic E-state index is -1.17. The summed E-state index contributed by atoms with van der Waals surface area (Å²) in [6.45, 7) is 19.8. The maximum absolute atomic E-state index is 14.1. The summed E-state index contributed by atoms with van der Waals surface area (Å²) in [5.41, 5.74) is 0.178. The molecule has 0 bridgehead atoms. The van der Waals surface area contributed by atoms with Crippen LogP contribution in [0.4, 0.5) is 0 Å². The molecule has 6 rings (SSSR count). The monoisotopic (exact) mass is 724 g/mol. The number of carbonyl (C=O) groups is 4. The van der Waals surface area contributed by atoms with Crippen LogP contribution in [0, 0.1) is 62.1 Å². The first-order valence-corrected chi connectivity index (χ1v) is 20.7. The Labute approximate surface area is 313 Å². The number of aliphatic hydroxyl groups is 1. The topological polar surface area (TPSA) is 121 Å². The molecular weight excluding hydrogens is 654 g/mol. The van der Waals surface area contributed by atoms with E-state index in [0.29, 0.717) is 18.3 Å². The van der Waals surface area contributed by atoms with Crippen molar-refractivity contribution in [1.29, 1.82) is 0 Å². The van der Waals surface area contributed by atoms with Crippen LogP contribution in [0.2, 0.25) is 0 Å². The SMILES string of the molecule is CC(C)C1=C2C3CC[C@@H]4[C@@]5(C)CC[C@H](OC(=O)CC(C)(C)C(=O)O)C(C)(C)[C@@H]5CC[C@@]4(C)[C@]3(C)CC[C@@]2([C@@H](O)CN(C)C(=O)C2CCCC2)CC1=O. The maximum atomic E-state index is 14.1. The van der Waals surface area contributed by atoms with Crippen LogP contribution >= 0.6 is 0 Å². The molecule has 0 heterocycles. The van der Waals surface area contributed by atoms with Crippen LogP contribution in [0.15, 0.2) is 11.1 Å². The average Bonchev–Trinajstić information content (AvgIpc) is 3.69. The van der Waals surface area contributed by atoms with Gasteiger partial charge >= 0.3 is 11.9 Å². The van der Waals surface area contributed by atoms with E-state index in [1.807, 2.05) is 7.05 Å². The smallest absolute Gasteiger partial charge is 0.309 e. The lowest BCUT2D eigenvalue weighted by Crippen LogP contribution is -2.66. The number of carboxylic acids is 1. The van der Waals surface area contributed by atoms with Crippen LogP contribution in [-0.2, 0) is 23.9 Å². The standard InChI is InChI=1S/C44H69NO7/c1-26(2)35-29(46)23-44(32(47)25-45(10)37(49)27-13-11-12-14-27)22-21-42(8)28(36(35)44)15-16-31-41(7)19-18-33(52-34(48)24-39(3,4)38(50)51)40(5,6)30(41)17-20-43(31,42)9/h26-28,30-33,47H,11-25H2,1-10H3,(H,50,51)/t28?,30-,31+,32-,33-,41-,42+,43+,44-/m0/s1. The molecule has 0 radical (unpaired) electrons. The molecule has 0 saturated heterocycles. The number of likely N-dealkylation sites (N-methyl/N-ethyl adjacent to an activating group) is 1. The average molecular weight is 724 g/mol. The van der Waals surface area contributed by atoms with E-state index >= 15 is 0 Å². The van der Waals surface area contributed by atoms with E-state index < -0.39 is 28.9 Å². The van der Waals surface area contributed by atoms with E-state index in [2.05, 4.69) is 48.5 Å². The van der Waals surface area contributed by atoms with Crippen molar-refractivity contribution in [3.8, 4) is 0 Å². The number of Topliss-reactive ketones (excluding diaryl/α,β-unsaturated/α-hetero) is 1. The van der Waals surface area contributed by atoms with Gasteiger partial charge in [-0.1, -0.05) is 66.9 Å². The molecule has 8 nitrogen and oxygen atoms in total. The molecular formula is C44H69NO7. The van der Waals surface area contributed by atoms with Crippen molar-refractivity contribution in [2.45, 2.75) is 164 Å². The largest absolute Gasteiger partial charge is 0.481 e. The number of ether oxygens (including phenoxy) is 1. The first-order valence-electron chi connectivity index (χ1n) is 20.7. The van der Waals surface area contributed by atoms with Gasteiger partial charge in [0.05, 0.1) is 17.9 Å². The number of allylic oxidation sites excluding steroid dienone is 1. The molecule has 6 aliphatic rings. The molecule has 1 unspecified atom stereocenters. The molecule has 2 N–H and O–H groups in total. The van der Waals surface area contributed by atoms with Gasteiger partial charge in [-0.05, 0) is 124 Å². The van der Waals surface area contributed by atoms with Crippen LogP contribution in [0.1, 0.15) is 152 Å². The molecule has 292 valence electrons. The number of nitrogens with zero attached hydrogens (tertiary/aromatic N) is 1. The van der Waals surface area contributed by atoms with Crippen molar-refractivity contribution in [1.82, 2.24) is 4.90 Å². The lowest BCUT2D eigenvalue weighted by molar-refractivity contribution is -0.235. The Balaban J connectivity index is 1.28. The first kappa shape index (κ1) is 39.5. The van der Waals surface area contributed by atoms with Gasteiger partial charge in [-0.25, -0.2) is 0 Å². The summed E-state index contributed by atoms with van der Waals surface area (Å²) in [5.74, 6) is 0.0800. The van der Waals surface area contributed by atoms with Crippen molar-refractivity contribution in [2.24, 2.45) is 62.1 Å². The number of esters is 1. The number of hydrogen-bond acceptors (Lipinski definition) is 6. The van der Waals surface area contributed by atoms with E-state index in [9.17, 15) is 29.4 Å². The second kappa shape index (κ2) is 13.2. The number of rotatable bonds is 9. The van der Waals surface area contributed by atoms with E-state index in [0.717, 1.165) is 82.6 Å². The summed E-state index contributed by atoms with van der Waals surface area (Å²) in [7, 11) is 1.84. The molecule has 0 spiro atoms. The van der Waals surface area contributed by atoms with Crippen molar-refractivity contribution in [2.75, 3.05) is 13.6 Å². The molecule has 6 aliphatic carbocycles. The third-order valence-electron chi connectivity index (χ3n) is 17.0. The number of carboxylic acid groups (broad SMARTS) is 1. The number of hydrogen-bond donors (Lipinski definition) is 2. The summed E-state index contributed by atoms with van der Waals surface area (Å²) in [6, 6.07) is 0. The van der Waals surface area contributed by atoms with Crippen LogP contribution < -0.4 is 0 Å². The molecule has 52 heavy (non-hydrogen) atoms. The van der Waals surface area contributed by atoms with Gasteiger partial charge in [-0.3, -0.25) is 19.2 Å². The lowest BCUT2D eigenvalue weighted by atomic mass is 9.33. The van der Waals surface area contributed by atoms with Crippen molar-refractivity contribution in [3.63, 3.8) is 0 Å². The van der Waals surface area contributed by atoms with Gasteiger partial charge in [0.2, 0.25) is 5.91 Å². The predicted octanol–water partition coefficient (Wildman–Crippen LogP) is 8.39. The first-order chi connectivity index (χ1) is 24.1. The normalized spacial score (nSPS) is 39.3. The molecule has 5 saturated carbocycles. The number of fused-ring (bicyclic) bond motifs is 7. The highest BCUT2D eigenvalue weighted by molar-refractivity contribution is 6.00. The molecule has 0 aromatic heterocycles. The number of aliphatic carboxylic acids is 1. The van der Waals surface area contributed by atoms with Crippen LogP contribution in [0.25, 0.3) is 0 Å². The quantitative estimate of drug-likeness (QED) is 0.229. The number of amides is 1. The summed E-state index contributed by atoms with van der Waals surface area (Å²) in [5, 5.41) is 21.9. The van der Waals surface area contributed by atoms with E-state index in [-0.39, 0.29) is 70.2 Å². The van der Waals surface area contributed by atoms with Crippen LogP contribution in [0.3, 0.4) is 0 Å². The fourth-order valence-corrected chi connectivity index (χ4v) is 13.9. The van der Waals surface area contributed by atoms with Gasteiger partial charge in [0.25, 0.3) is 0 Å². The Morgan fingerprint density at radius 1 is 0.885 bits per heavy atom. The summed E-state index contributed by atoms with van der Waals surface area (Å²) in [4.78, 5) is 54.1. The van der Waals surface area contributed by atoms with Gasteiger partial charge < -0.3 is 19.8 Å². The molecule has 0 aromatic carbocycles. The third-order valence-corrected chi connectivity index (χ3v) is 17.0.